The summed E-state index contributed by atoms with van der Waals surface area (Å²) in [6.45, 7) is 7.64. The lowest BCUT2D eigenvalue weighted by molar-refractivity contribution is 0.222. The molecule has 2 heteroatoms. The van der Waals surface area contributed by atoms with Gasteiger partial charge in [0.05, 0.1) is 0 Å². The van der Waals surface area contributed by atoms with Gasteiger partial charge in [0.15, 0.2) is 0 Å². The van der Waals surface area contributed by atoms with Crippen molar-refractivity contribution in [2.75, 3.05) is 26.2 Å². The van der Waals surface area contributed by atoms with E-state index in [1.165, 1.54) is 77.5 Å². The molecule has 2 aliphatic rings. The third-order valence-electron chi connectivity index (χ3n) is 4.55. The summed E-state index contributed by atoms with van der Waals surface area (Å²) < 4.78 is 0. The van der Waals surface area contributed by atoms with Crippen LogP contribution in [0, 0.1) is 5.92 Å². The van der Waals surface area contributed by atoms with Gasteiger partial charge in [0.1, 0.15) is 0 Å². The van der Waals surface area contributed by atoms with Crippen molar-refractivity contribution in [1.82, 2.24) is 10.2 Å². The third-order valence-corrected chi connectivity index (χ3v) is 4.55. The predicted molar refractivity (Wildman–Crippen MR) is 74.3 cm³/mol. The molecule has 0 atom stereocenters. The van der Waals surface area contributed by atoms with Crippen molar-refractivity contribution in [1.29, 1.82) is 0 Å². The van der Waals surface area contributed by atoms with Gasteiger partial charge >= 0.3 is 0 Å². The zero-order valence-electron chi connectivity index (χ0n) is 11.6. The van der Waals surface area contributed by atoms with Gasteiger partial charge in [-0.15, -0.1) is 0 Å². The van der Waals surface area contributed by atoms with E-state index in [-0.39, 0.29) is 0 Å². The normalized spacial score (nSPS) is 31.6. The van der Waals surface area contributed by atoms with E-state index in [9.17, 15) is 0 Å². The Labute approximate surface area is 107 Å². The SMILES string of the molecule is CC1CCC(NCCCN2CCCCC2)CC1. The highest BCUT2D eigenvalue weighted by atomic mass is 15.1. The summed E-state index contributed by atoms with van der Waals surface area (Å²) in [5, 5.41) is 3.76. The van der Waals surface area contributed by atoms with E-state index < -0.39 is 0 Å². The number of piperidine rings is 1. The highest BCUT2D eigenvalue weighted by Crippen LogP contribution is 2.23. The van der Waals surface area contributed by atoms with Crippen molar-refractivity contribution in [2.24, 2.45) is 5.92 Å². The number of likely N-dealkylation sites (tertiary alicyclic amines) is 1. The standard InChI is InChI=1S/C15H30N2/c1-14-6-8-15(9-7-14)16-10-5-13-17-11-3-2-4-12-17/h14-16H,2-13H2,1H3. The topological polar surface area (TPSA) is 15.3 Å². The van der Waals surface area contributed by atoms with Crippen LogP contribution >= 0.6 is 0 Å². The maximum Gasteiger partial charge on any atom is 0.00672 e. The second-order valence-corrected chi connectivity index (χ2v) is 6.17. The Balaban J connectivity index is 1.48. The molecule has 0 amide bonds. The fourth-order valence-electron chi connectivity index (χ4n) is 3.26. The van der Waals surface area contributed by atoms with Crippen LogP contribution in [0.25, 0.3) is 0 Å². The molecule has 2 nitrogen and oxygen atoms in total. The Morgan fingerprint density at radius 1 is 1.00 bits per heavy atom. The highest BCUT2D eigenvalue weighted by molar-refractivity contribution is 4.75. The second-order valence-electron chi connectivity index (χ2n) is 6.17. The van der Waals surface area contributed by atoms with E-state index in [4.69, 9.17) is 0 Å². The molecule has 1 saturated heterocycles. The zero-order valence-corrected chi connectivity index (χ0v) is 11.6. The molecule has 2 rings (SSSR count). The van der Waals surface area contributed by atoms with Crippen LogP contribution in [0.3, 0.4) is 0 Å². The number of nitrogens with one attached hydrogen (secondary N) is 1. The highest BCUT2D eigenvalue weighted by Gasteiger charge is 2.17. The molecule has 1 aliphatic carbocycles. The van der Waals surface area contributed by atoms with Crippen LogP contribution in [0.2, 0.25) is 0 Å². The van der Waals surface area contributed by atoms with E-state index in [0.717, 1.165) is 12.0 Å². The molecular formula is C15H30N2. The summed E-state index contributed by atoms with van der Waals surface area (Å²) in [4.78, 5) is 2.65. The smallest absolute Gasteiger partial charge is 0.00672 e. The molecule has 0 spiro atoms. The maximum atomic E-state index is 3.76. The Morgan fingerprint density at radius 3 is 2.41 bits per heavy atom. The number of hydrogen-bond acceptors (Lipinski definition) is 2. The van der Waals surface area contributed by atoms with Gasteiger partial charge in [-0.2, -0.15) is 0 Å². The van der Waals surface area contributed by atoms with Crippen LogP contribution in [-0.4, -0.2) is 37.1 Å². The first-order valence-electron chi connectivity index (χ1n) is 7.80. The van der Waals surface area contributed by atoms with Crippen LogP contribution < -0.4 is 5.32 Å². The first-order chi connectivity index (χ1) is 8.34. The minimum Gasteiger partial charge on any atom is -0.314 e. The zero-order chi connectivity index (χ0) is 11.9. The van der Waals surface area contributed by atoms with Crippen molar-refractivity contribution in [3.63, 3.8) is 0 Å². The largest absolute Gasteiger partial charge is 0.314 e. The van der Waals surface area contributed by atoms with Gasteiger partial charge in [-0.05, 0) is 77.0 Å². The molecule has 1 N–H and O–H groups in total. The van der Waals surface area contributed by atoms with Crippen LogP contribution in [-0.2, 0) is 0 Å². The molecule has 0 aromatic rings. The Kier molecular flexibility index (Phi) is 5.79. The lowest BCUT2D eigenvalue weighted by Gasteiger charge is -2.28. The summed E-state index contributed by atoms with van der Waals surface area (Å²) in [5.41, 5.74) is 0. The van der Waals surface area contributed by atoms with E-state index in [0.29, 0.717) is 0 Å². The Bertz CT molecular complexity index is 191. The summed E-state index contributed by atoms with van der Waals surface area (Å²) in [6, 6.07) is 0.826. The molecule has 1 aliphatic heterocycles. The van der Waals surface area contributed by atoms with Crippen molar-refractivity contribution in [3.8, 4) is 0 Å². The summed E-state index contributed by atoms with van der Waals surface area (Å²) >= 11 is 0. The lowest BCUT2D eigenvalue weighted by Crippen LogP contribution is -2.36. The lowest BCUT2D eigenvalue weighted by atomic mass is 9.87. The van der Waals surface area contributed by atoms with E-state index in [1.54, 1.807) is 0 Å². The van der Waals surface area contributed by atoms with Crippen LogP contribution in [0.4, 0.5) is 0 Å². The molecule has 0 radical (unpaired) electrons. The average Bonchev–Trinajstić information content (AvgIpc) is 2.38. The van der Waals surface area contributed by atoms with Gasteiger partial charge in [0.2, 0.25) is 0 Å². The molecule has 100 valence electrons. The van der Waals surface area contributed by atoms with Crippen LogP contribution in [0.15, 0.2) is 0 Å². The number of nitrogens with zero attached hydrogens (tertiary/aromatic N) is 1. The summed E-state index contributed by atoms with van der Waals surface area (Å²) in [6.07, 6.45) is 11.3. The van der Waals surface area contributed by atoms with Crippen molar-refractivity contribution in [3.05, 3.63) is 0 Å². The van der Waals surface area contributed by atoms with Crippen molar-refractivity contribution >= 4 is 0 Å². The minimum absolute atomic E-state index is 0.826. The summed E-state index contributed by atoms with van der Waals surface area (Å²) in [7, 11) is 0. The van der Waals surface area contributed by atoms with E-state index in [1.807, 2.05) is 0 Å². The molecule has 17 heavy (non-hydrogen) atoms. The molecule has 0 bridgehead atoms. The molecule has 1 saturated carbocycles. The molecule has 2 fully saturated rings. The van der Waals surface area contributed by atoms with Crippen molar-refractivity contribution < 1.29 is 0 Å². The van der Waals surface area contributed by atoms with Gasteiger partial charge in [0, 0.05) is 6.04 Å². The fraction of sp³-hybridized carbons (Fsp3) is 1.00. The second kappa shape index (κ2) is 7.38. The van der Waals surface area contributed by atoms with Crippen LogP contribution in [0.1, 0.15) is 58.3 Å². The van der Waals surface area contributed by atoms with Crippen LogP contribution in [0.5, 0.6) is 0 Å². The van der Waals surface area contributed by atoms with Gasteiger partial charge in [-0.1, -0.05) is 13.3 Å². The van der Waals surface area contributed by atoms with E-state index >= 15 is 0 Å². The molecular weight excluding hydrogens is 208 g/mol. The van der Waals surface area contributed by atoms with E-state index in [2.05, 4.69) is 17.1 Å². The van der Waals surface area contributed by atoms with Gasteiger partial charge in [-0.25, -0.2) is 0 Å². The predicted octanol–water partition coefficient (Wildman–Crippen LogP) is 3.03. The monoisotopic (exact) mass is 238 g/mol. The maximum absolute atomic E-state index is 3.76. The molecule has 0 unspecified atom stereocenters. The first-order valence-corrected chi connectivity index (χ1v) is 7.80. The Morgan fingerprint density at radius 2 is 1.71 bits per heavy atom. The molecule has 0 aromatic heterocycles. The minimum atomic E-state index is 0.826. The first kappa shape index (κ1) is 13.4. The van der Waals surface area contributed by atoms with Gasteiger partial charge in [-0.3, -0.25) is 0 Å². The third kappa shape index (κ3) is 4.97. The number of hydrogen-bond donors (Lipinski definition) is 1. The average molecular weight is 238 g/mol. The van der Waals surface area contributed by atoms with Crippen molar-refractivity contribution in [2.45, 2.75) is 64.3 Å². The van der Waals surface area contributed by atoms with Gasteiger partial charge < -0.3 is 10.2 Å². The molecule has 1 heterocycles. The Hall–Kier alpha value is -0.0800. The quantitative estimate of drug-likeness (QED) is 0.741. The molecule has 0 aromatic carbocycles. The number of rotatable bonds is 5. The summed E-state index contributed by atoms with van der Waals surface area (Å²) in [5.74, 6) is 0.974. The van der Waals surface area contributed by atoms with Gasteiger partial charge in [0.25, 0.3) is 0 Å². The fourth-order valence-corrected chi connectivity index (χ4v) is 3.26.